The van der Waals surface area contributed by atoms with E-state index in [0.29, 0.717) is 27.8 Å². The number of fused-ring (bicyclic) bond motifs is 4. The van der Waals surface area contributed by atoms with Crippen LogP contribution in [0.25, 0.3) is 10.9 Å². The first-order chi connectivity index (χ1) is 21.4. The highest BCUT2D eigenvalue weighted by Gasteiger charge is 2.49. The van der Waals surface area contributed by atoms with Crippen LogP contribution in [0.2, 0.25) is 0 Å². The number of rotatable bonds is 10. The summed E-state index contributed by atoms with van der Waals surface area (Å²) in [6, 6.07) is 6.77. The number of hydrogen-bond acceptors (Lipinski definition) is 10. The molecule has 0 fully saturated rings. The van der Waals surface area contributed by atoms with E-state index in [0.717, 1.165) is 0 Å². The molecule has 0 bridgehead atoms. The number of esters is 2. The SMILES string of the molecule is CC[C@]1(OC(=O)CNC(=O)CCC(=O)O)C(=O)OCc2c1ccn(Cc1cnc3ccc4c(c3c1)C(=O)NC(C(C)C)O4)c2=O. The van der Waals surface area contributed by atoms with Gasteiger partial charge in [0.15, 0.2) is 6.23 Å². The molecular weight excluding hydrogens is 588 g/mol. The van der Waals surface area contributed by atoms with Gasteiger partial charge in [0.1, 0.15) is 18.9 Å². The topological polar surface area (TPSA) is 192 Å². The summed E-state index contributed by atoms with van der Waals surface area (Å²) in [4.78, 5) is 79.3. The third kappa shape index (κ3) is 6.08. The van der Waals surface area contributed by atoms with Crippen LogP contribution in [0.3, 0.4) is 0 Å². The average Bonchev–Trinajstić information content (AvgIpc) is 3.01. The summed E-state index contributed by atoms with van der Waals surface area (Å²) in [6.07, 6.45) is 1.81. The van der Waals surface area contributed by atoms with E-state index in [1.807, 2.05) is 13.8 Å². The van der Waals surface area contributed by atoms with E-state index in [4.69, 9.17) is 19.3 Å². The molecule has 14 heteroatoms. The molecule has 0 radical (unpaired) electrons. The third-order valence-electron chi connectivity index (χ3n) is 7.76. The molecule has 0 spiro atoms. The van der Waals surface area contributed by atoms with Crippen molar-refractivity contribution in [2.24, 2.45) is 5.92 Å². The van der Waals surface area contributed by atoms with Crippen LogP contribution in [0, 0.1) is 5.92 Å². The number of carbonyl (C=O) groups is 5. The third-order valence-corrected chi connectivity index (χ3v) is 7.76. The van der Waals surface area contributed by atoms with Gasteiger partial charge in [-0.3, -0.25) is 29.0 Å². The normalized spacial score (nSPS) is 18.7. The van der Waals surface area contributed by atoms with Gasteiger partial charge in [-0.15, -0.1) is 0 Å². The molecule has 1 unspecified atom stereocenters. The number of nitrogens with zero attached hydrogens (tertiary/aromatic N) is 2. The van der Waals surface area contributed by atoms with Crippen LogP contribution >= 0.6 is 0 Å². The minimum Gasteiger partial charge on any atom is -0.481 e. The summed E-state index contributed by atoms with van der Waals surface area (Å²) in [7, 11) is 0. The van der Waals surface area contributed by atoms with Crippen molar-refractivity contribution in [3.8, 4) is 5.75 Å². The van der Waals surface area contributed by atoms with Crippen LogP contribution in [-0.4, -0.2) is 57.2 Å². The van der Waals surface area contributed by atoms with Crippen molar-refractivity contribution in [1.29, 1.82) is 0 Å². The predicted molar refractivity (Wildman–Crippen MR) is 156 cm³/mol. The number of carboxylic acid groups (broad SMARTS) is 1. The average molecular weight is 621 g/mol. The molecule has 2 aliphatic rings. The lowest BCUT2D eigenvalue weighted by atomic mass is 9.86. The standard InChI is InChI=1S/C31H32N4O10/c1-4-31(45-25(39)13-33-23(36)7-8-24(37)38)20-9-10-35(29(41)19(20)15-43-30(31)42)14-17-11-18-21(32-12-17)5-6-22-26(18)27(40)34-28(44-22)16(2)3/h5-6,9-12,16,28H,4,7-8,13-15H2,1-3H3,(H,33,36)(H,34,40)(H,37,38)/t28?,31-/m1/s1. The molecule has 5 rings (SSSR count). The minimum absolute atomic E-state index is 0.0531. The van der Waals surface area contributed by atoms with Gasteiger partial charge in [0.2, 0.25) is 11.5 Å². The van der Waals surface area contributed by atoms with Crippen molar-refractivity contribution in [1.82, 2.24) is 20.2 Å². The Morgan fingerprint density at radius 3 is 2.69 bits per heavy atom. The molecule has 3 aromatic rings. The molecule has 2 aromatic heterocycles. The van der Waals surface area contributed by atoms with Gasteiger partial charge in [-0.25, -0.2) is 4.79 Å². The summed E-state index contributed by atoms with van der Waals surface area (Å²) >= 11 is 0. The zero-order valence-corrected chi connectivity index (χ0v) is 24.9. The van der Waals surface area contributed by atoms with Gasteiger partial charge in [0.25, 0.3) is 11.5 Å². The fourth-order valence-corrected chi connectivity index (χ4v) is 5.35. The summed E-state index contributed by atoms with van der Waals surface area (Å²) in [6.45, 7) is 4.60. The Labute approximate surface area is 256 Å². The first kappa shape index (κ1) is 31.2. The molecule has 236 valence electrons. The second-order valence-electron chi connectivity index (χ2n) is 11.1. The van der Waals surface area contributed by atoms with Gasteiger partial charge in [-0.05, 0) is 36.2 Å². The molecule has 3 N–H and O–H groups in total. The highest BCUT2D eigenvalue weighted by Crippen LogP contribution is 2.37. The van der Waals surface area contributed by atoms with Crippen molar-refractivity contribution >= 4 is 40.6 Å². The predicted octanol–water partition coefficient (Wildman–Crippen LogP) is 1.74. The Morgan fingerprint density at radius 2 is 1.98 bits per heavy atom. The van der Waals surface area contributed by atoms with Crippen LogP contribution in [0.5, 0.6) is 5.75 Å². The number of amides is 2. The molecule has 2 aliphatic heterocycles. The van der Waals surface area contributed by atoms with Crippen LogP contribution < -0.4 is 20.9 Å². The van der Waals surface area contributed by atoms with Crippen molar-refractivity contribution in [3.63, 3.8) is 0 Å². The first-order valence-electron chi connectivity index (χ1n) is 14.4. The molecule has 0 saturated heterocycles. The monoisotopic (exact) mass is 620 g/mol. The number of benzene rings is 1. The molecule has 14 nitrogen and oxygen atoms in total. The Balaban J connectivity index is 1.40. The highest BCUT2D eigenvalue weighted by molar-refractivity contribution is 6.09. The zero-order chi connectivity index (χ0) is 32.5. The molecule has 4 heterocycles. The second-order valence-corrected chi connectivity index (χ2v) is 11.1. The number of aromatic nitrogens is 2. The summed E-state index contributed by atoms with van der Waals surface area (Å²) in [5.74, 6) is -3.44. The summed E-state index contributed by atoms with van der Waals surface area (Å²) in [5.41, 5.74) is -0.543. The number of ether oxygens (including phenoxy) is 3. The van der Waals surface area contributed by atoms with E-state index < -0.39 is 54.2 Å². The Kier molecular flexibility index (Phi) is 8.57. The van der Waals surface area contributed by atoms with Crippen molar-refractivity contribution in [3.05, 3.63) is 69.3 Å². The number of carbonyl (C=O) groups excluding carboxylic acids is 4. The van der Waals surface area contributed by atoms with E-state index >= 15 is 0 Å². The Hall–Kier alpha value is -5.27. The van der Waals surface area contributed by atoms with E-state index in [2.05, 4.69) is 15.6 Å². The van der Waals surface area contributed by atoms with Gasteiger partial charge < -0.3 is 34.5 Å². The van der Waals surface area contributed by atoms with Crippen molar-refractivity contribution in [2.75, 3.05) is 6.54 Å². The van der Waals surface area contributed by atoms with Crippen molar-refractivity contribution in [2.45, 2.75) is 65.0 Å². The summed E-state index contributed by atoms with van der Waals surface area (Å²) < 4.78 is 18.2. The number of aliphatic carboxylic acids is 1. The maximum absolute atomic E-state index is 13.6. The largest absolute Gasteiger partial charge is 0.481 e. The van der Waals surface area contributed by atoms with Gasteiger partial charge >= 0.3 is 17.9 Å². The Bertz CT molecular complexity index is 1780. The van der Waals surface area contributed by atoms with E-state index in [1.165, 1.54) is 16.8 Å². The maximum Gasteiger partial charge on any atom is 0.355 e. The maximum atomic E-state index is 13.6. The quantitative estimate of drug-likeness (QED) is 0.280. The van der Waals surface area contributed by atoms with Gasteiger partial charge in [0.05, 0.1) is 29.6 Å². The molecule has 2 amide bonds. The molecule has 1 aromatic carbocycles. The Morgan fingerprint density at radius 1 is 1.20 bits per heavy atom. The van der Waals surface area contributed by atoms with E-state index in [9.17, 15) is 28.8 Å². The number of carboxylic acids is 1. The fraction of sp³-hybridized carbons (Fsp3) is 0.387. The van der Waals surface area contributed by atoms with Crippen LogP contribution in [0.4, 0.5) is 0 Å². The smallest absolute Gasteiger partial charge is 0.355 e. The fourth-order valence-electron chi connectivity index (χ4n) is 5.35. The minimum atomic E-state index is -1.92. The van der Waals surface area contributed by atoms with Gasteiger partial charge in [0, 0.05) is 35.7 Å². The highest BCUT2D eigenvalue weighted by atomic mass is 16.6. The lowest BCUT2D eigenvalue weighted by Crippen LogP contribution is -2.48. The lowest BCUT2D eigenvalue weighted by Gasteiger charge is -2.35. The number of hydrogen-bond donors (Lipinski definition) is 3. The molecule has 2 atom stereocenters. The van der Waals surface area contributed by atoms with E-state index in [1.54, 1.807) is 31.3 Å². The van der Waals surface area contributed by atoms with E-state index in [-0.39, 0.29) is 48.9 Å². The first-order valence-corrected chi connectivity index (χ1v) is 14.4. The van der Waals surface area contributed by atoms with Crippen molar-refractivity contribution < 1.29 is 43.3 Å². The summed E-state index contributed by atoms with van der Waals surface area (Å²) in [5, 5.41) is 14.4. The molecule has 45 heavy (non-hydrogen) atoms. The second kappa shape index (κ2) is 12.4. The number of nitrogens with one attached hydrogen (secondary N) is 2. The number of cyclic esters (lactones) is 1. The van der Waals surface area contributed by atoms with Crippen LogP contribution in [0.1, 0.15) is 67.1 Å². The number of pyridine rings is 2. The zero-order valence-electron chi connectivity index (χ0n) is 24.9. The lowest BCUT2D eigenvalue weighted by molar-refractivity contribution is -0.189. The van der Waals surface area contributed by atoms with Crippen LogP contribution in [-0.2, 0) is 47.4 Å². The molecule has 0 aliphatic carbocycles. The molecule has 0 saturated carbocycles. The van der Waals surface area contributed by atoms with Gasteiger partial charge in [-0.2, -0.15) is 0 Å². The molecular formula is C31H32N4O10. The van der Waals surface area contributed by atoms with Crippen LogP contribution in [0.15, 0.2) is 41.5 Å². The van der Waals surface area contributed by atoms with Gasteiger partial charge in [-0.1, -0.05) is 20.8 Å².